The molecule has 6 aliphatic rings. The first-order valence-electron chi connectivity index (χ1n) is 46.5. The van der Waals surface area contributed by atoms with Crippen LogP contribution >= 0.6 is 0 Å². The molecule has 748 valence electrons. The molecule has 139 heavy (non-hydrogen) atoms. The lowest BCUT2D eigenvalue weighted by atomic mass is 9.85. The van der Waals surface area contributed by atoms with E-state index in [1.54, 1.807) is 83.1 Å². The molecule has 0 unspecified atom stereocenters. The van der Waals surface area contributed by atoms with Gasteiger partial charge in [-0.05, 0) is 208 Å². The average Bonchev–Trinajstić information content (AvgIpc) is 1.64. The van der Waals surface area contributed by atoms with Gasteiger partial charge in [0.2, 0.25) is 28.9 Å². The van der Waals surface area contributed by atoms with Gasteiger partial charge in [0.05, 0.1) is 83.3 Å². The highest BCUT2D eigenvalue weighted by atomic mass is 19.2. The van der Waals surface area contributed by atoms with Crippen molar-refractivity contribution in [2.75, 3.05) is 137 Å². The summed E-state index contributed by atoms with van der Waals surface area (Å²) < 4.78 is 169. The fourth-order valence-electron chi connectivity index (χ4n) is 18.2. The van der Waals surface area contributed by atoms with Gasteiger partial charge in [-0.15, -0.1) is 0 Å². The fraction of sp³-hybridized carbons (Fsp3) is 0.475. The fourth-order valence-corrected chi connectivity index (χ4v) is 18.2. The SMILES string of the molecule is CCOC(=O)C1CCN(c2cc(C)ccc2Cn2ccnc2N)CC1.CCOC(=O)C1CCN(c2cc(C)ccc2Cn2ccnc2NC(=O)[C@]2(F)CN(C(=O)OC(C)(C)C)C[C@H]2c2ccc(F)cc2F)CC1.CCOC(=O)C1CCN(c2cc(C)ccc2Cn2ccnc2NC(=O)[C@]2(F)CNC[C@H]2c2ccc(F)cc2F)CC1.COC(=O)[C@]1(F)CN(C(=O)OC(C)(C)C)C[C@H]1c1ccc(F)cc1F. The summed E-state index contributed by atoms with van der Waals surface area (Å²) in [6.45, 7) is 26.1. The minimum atomic E-state index is -2.80. The maximum absolute atomic E-state index is 17.0. The van der Waals surface area contributed by atoms with E-state index in [0.29, 0.717) is 109 Å². The number of rotatable bonds is 23. The zero-order valence-electron chi connectivity index (χ0n) is 80.4. The molecule has 38 heteroatoms. The van der Waals surface area contributed by atoms with E-state index in [0.717, 1.165) is 107 Å². The van der Waals surface area contributed by atoms with E-state index in [1.807, 2.05) is 55.8 Å². The summed E-state index contributed by atoms with van der Waals surface area (Å²) in [5.41, 5.74) is 5.45. The van der Waals surface area contributed by atoms with Crippen LogP contribution in [-0.2, 0) is 76.8 Å². The number of ether oxygens (including phenoxy) is 6. The van der Waals surface area contributed by atoms with E-state index in [2.05, 4.69) is 87.6 Å². The number of methoxy groups -OCH3 is 1. The summed E-state index contributed by atoms with van der Waals surface area (Å²) in [6.07, 6.45) is 12.6. The number of nitrogen functional groups attached to an aromatic ring is 1. The Labute approximate surface area is 801 Å². The highest BCUT2D eigenvalue weighted by Gasteiger charge is 2.59. The number of likely N-dealkylation sites (tertiary alicyclic amines) is 2. The van der Waals surface area contributed by atoms with Crippen LogP contribution in [0, 0.1) is 73.4 Å². The van der Waals surface area contributed by atoms with Gasteiger partial charge in [0, 0.05) is 150 Å². The first-order chi connectivity index (χ1) is 65.9. The number of anilines is 6. The van der Waals surface area contributed by atoms with Crippen molar-refractivity contribution in [2.45, 2.75) is 187 Å². The van der Waals surface area contributed by atoms with Gasteiger partial charge in [-0.1, -0.05) is 54.6 Å². The van der Waals surface area contributed by atoms with E-state index in [1.165, 1.54) is 35.3 Å². The van der Waals surface area contributed by atoms with Crippen LogP contribution in [0.2, 0.25) is 0 Å². The number of aromatic nitrogens is 6. The van der Waals surface area contributed by atoms with E-state index in [9.17, 15) is 64.7 Å². The monoisotopic (exact) mass is 1940 g/mol. The molecule has 0 spiro atoms. The molecule has 5 N–H and O–H groups in total. The number of nitrogens with zero attached hydrogens (tertiary/aromatic N) is 11. The molecule has 0 bridgehead atoms. The number of carbonyl (C=O) groups excluding carboxylic acids is 8. The first-order valence-corrected chi connectivity index (χ1v) is 46.5. The van der Waals surface area contributed by atoms with E-state index >= 15 is 13.2 Å². The van der Waals surface area contributed by atoms with E-state index in [-0.39, 0.29) is 97.0 Å². The Balaban J connectivity index is 0.000000173. The summed E-state index contributed by atoms with van der Waals surface area (Å²) in [4.78, 5) is 122. The largest absolute Gasteiger partial charge is 0.467 e. The predicted octanol–water partition coefficient (Wildman–Crippen LogP) is 16.1. The van der Waals surface area contributed by atoms with Crippen LogP contribution in [0.3, 0.4) is 0 Å². The van der Waals surface area contributed by atoms with E-state index in [4.69, 9.17) is 29.4 Å². The third kappa shape index (κ3) is 25.7. The number of halogens is 9. The minimum Gasteiger partial charge on any atom is -0.467 e. The summed E-state index contributed by atoms with van der Waals surface area (Å²) in [5.74, 6) is -12.5. The van der Waals surface area contributed by atoms with Gasteiger partial charge in [-0.25, -0.2) is 68.8 Å². The standard InChI is InChI=1S/C35H42F3N5O5.C30H34F3N5O3.C19H26N4O2.C17H20F3NO4/c1-6-47-30(44)23-11-14-41(15-12-23)29-17-22(2)7-8-24(29)19-42-16-13-39-32(42)40-31(45)35(38)21-43(33(46)48-34(3,4)5)20-27(35)26-10-9-25(36)18-28(26)37;1-3-41-27(39)20-8-11-37(12-9-20)26-14-19(2)4-5-21(26)17-38-13-10-35-29(38)36-28(40)30(33)18-34-16-24(30)23-7-6-22(31)15-25(23)32;1-3-25-18(24)15-6-9-22(10-7-15)17-12-14(2)4-5-16(17)13-23-11-8-21-19(23)20;1-16(2,3)25-15(23)21-8-12(17(20,9-21)14(22)24-4)11-6-5-10(18)7-13(11)19/h7-10,13,16-18,23,27H,6,11-12,14-15,19-21H2,1-5H3,(H,39,40,45);4-7,10,13-15,20,24,34H,3,8-9,11-12,16-18H2,1-2H3,(H,35,36,40);4-5,8,11-12,15H,3,6-7,9-10,13H2,1-2H3,(H2,20,21);5-7,12H,8-9H2,1-4H3/t27-,35-;24-,30-;;12-,17-/m00.0/s1. The molecule has 29 nitrogen and oxygen atoms in total. The molecule has 0 radical (unpaired) electrons. The Hall–Kier alpha value is -13.2. The third-order valence-electron chi connectivity index (χ3n) is 25.4. The van der Waals surface area contributed by atoms with Crippen molar-refractivity contribution in [3.8, 4) is 0 Å². The predicted molar refractivity (Wildman–Crippen MR) is 503 cm³/mol. The molecule has 6 aliphatic heterocycles. The molecular formula is C101H122F9N15O14. The second-order valence-corrected chi connectivity index (χ2v) is 37.6. The molecule has 0 saturated carbocycles. The summed E-state index contributed by atoms with van der Waals surface area (Å²) >= 11 is 0. The summed E-state index contributed by atoms with van der Waals surface area (Å²) in [5, 5.41) is 8.00. The number of hydrogen-bond acceptors (Lipinski definition) is 22. The number of piperidine rings is 3. The lowest BCUT2D eigenvalue weighted by Gasteiger charge is -2.34. The zero-order valence-corrected chi connectivity index (χ0v) is 80.4. The summed E-state index contributed by atoms with van der Waals surface area (Å²) in [7, 11) is 0.998. The Kier molecular flexibility index (Phi) is 34.0. The number of esters is 4. The van der Waals surface area contributed by atoms with Crippen LogP contribution < -0.4 is 36.4 Å². The van der Waals surface area contributed by atoms with Crippen molar-refractivity contribution < 1.29 is 106 Å². The number of nitrogens with one attached hydrogen (secondary N) is 3. The van der Waals surface area contributed by atoms with Gasteiger partial charge < -0.3 is 77.7 Å². The van der Waals surface area contributed by atoms with Crippen molar-refractivity contribution in [2.24, 2.45) is 17.8 Å². The van der Waals surface area contributed by atoms with Gasteiger partial charge >= 0.3 is 36.1 Å². The molecule has 6 fully saturated rings. The molecule has 9 heterocycles. The van der Waals surface area contributed by atoms with Gasteiger partial charge in [-0.2, -0.15) is 0 Å². The van der Waals surface area contributed by atoms with Crippen molar-refractivity contribution in [1.82, 2.24) is 43.8 Å². The Bertz CT molecular complexity index is 5870. The molecule has 4 amide bonds. The van der Waals surface area contributed by atoms with Crippen LogP contribution in [-0.4, -0.2) is 220 Å². The highest BCUT2D eigenvalue weighted by molar-refractivity contribution is 5.99. The van der Waals surface area contributed by atoms with Crippen LogP contribution in [0.15, 0.2) is 146 Å². The van der Waals surface area contributed by atoms with Crippen molar-refractivity contribution in [3.05, 3.63) is 231 Å². The molecule has 0 aliphatic carbocycles. The number of hydrogen-bond donors (Lipinski definition) is 4. The first kappa shape index (κ1) is 105. The molecule has 9 aromatic rings. The normalized spacial score (nSPS) is 20.2. The van der Waals surface area contributed by atoms with Crippen molar-refractivity contribution >= 4 is 82.8 Å². The zero-order chi connectivity index (χ0) is 101. The maximum Gasteiger partial charge on any atom is 0.410 e. The lowest BCUT2D eigenvalue weighted by molar-refractivity contribution is -0.155. The van der Waals surface area contributed by atoms with Gasteiger partial charge in [0.1, 0.15) is 46.1 Å². The van der Waals surface area contributed by atoms with Crippen LogP contribution in [0.4, 0.5) is 84.0 Å². The van der Waals surface area contributed by atoms with E-state index < -0.39 is 124 Å². The number of benzene rings is 6. The van der Waals surface area contributed by atoms with Gasteiger partial charge in [0.25, 0.3) is 11.8 Å². The Morgan fingerprint density at radius 2 is 0.777 bits per heavy atom. The average molecular weight is 1940 g/mol. The molecular weight excluding hydrogens is 1820 g/mol. The van der Waals surface area contributed by atoms with Gasteiger partial charge in [0.15, 0.2) is 5.95 Å². The maximum atomic E-state index is 17.0. The number of aryl methyl sites for hydroxylation is 3. The molecule has 3 aromatic heterocycles. The van der Waals surface area contributed by atoms with Crippen LogP contribution in [0.25, 0.3) is 0 Å². The number of nitrogens with two attached hydrogens (primary N) is 1. The molecule has 15 rings (SSSR count). The molecule has 6 saturated heterocycles. The quantitative estimate of drug-likeness (QED) is 0.0263. The topological polar surface area (TPSA) is 324 Å². The second kappa shape index (κ2) is 45.2. The summed E-state index contributed by atoms with van der Waals surface area (Å²) in [6, 6.07) is 26.9. The van der Waals surface area contributed by atoms with Gasteiger partial charge in [-0.3, -0.25) is 34.6 Å². The lowest BCUT2D eigenvalue weighted by Crippen LogP contribution is -2.46. The Morgan fingerprint density at radius 3 is 1.12 bits per heavy atom. The highest BCUT2D eigenvalue weighted by Crippen LogP contribution is 2.46. The third-order valence-corrected chi connectivity index (χ3v) is 25.4. The molecule has 6 atom stereocenters. The smallest absolute Gasteiger partial charge is 0.410 e. The van der Waals surface area contributed by atoms with Crippen LogP contribution in [0.1, 0.15) is 169 Å². The van der Waals surface area contributed by atoms with Crippen LogP contribution in [0.5, 0.6) is 0 Å². The number of amides is 4. The van der Waals surface area contributed by atoms with Crippen molar-refractivity contribution in [3.63, 3.8) is 0 Å². The number of carbonyl (C=O) groups is 8. The van der Waals surface area contributed by atoms with Crippen molar-refractivity contribution in [1.29, 1.82) is 0 Å². The number of alkyl halides is 3. The minimum absolute atomic E-state index is 0.0220. The second-order valence-electron chi connectivity index (χ2n) is 37.6. The molecule has 6 aromatic carbocycles. The number of imidazole rings is 3. The Morgan fingerprint density at radius 1 is 0.446 bits per heavy atom.